The predicted octanol–water partition coefficient (Wildman–Crippen LogP) is 1.62. The normalized spacial score (nSPS) is 15.9. The molecule has 0 bridgehead atoms. The van der Waals surface area contributed by atoms with Gasteiger partial charge in [-0.05, 0) is 13.0 Å². The molecule has 2 aromatic heterocycles. The molecule has 3 rings (SSSR count). The van der Waals surface area contributed by atoms with E-state index in [1.165, 1.54) is 6.33 Å². The van der Waals surface area contributed by atoms with E-state index in [0.29, 0.717) is 32.0 Å². The van der Waals surface area contributed by atoms with Crippen molar-refractivity contribution in [2.24, 2.45) is 7.05 Å². The number of carbonyl (C=O) groups excluding carboxylic acids is 1. The van der Waals surface area contributed by atoms with E-state index in [1.807, 2.05) is 24.9 Å². The lowest BCUT2D eigenvalue weighted by Gasteiger charge is -2.32. The fourth-order valence-electron chi connectivity index (χ4n) is 2.89. The Morgan fingerprint density at radius 1 is 1.38 bits per heavy atom. The van der Waals surface area contributed by atoms with Crippen molar-refractivity contribution < 1.29 is 32.6 Å². The fraction of sp³-hybridized carbons (Fsp3) is 0.471. The number of hydrogen-bond acceptors (Lipinski definition) is 6. The van der Waals surface area contributed by atoms with Crippen LogP contribution in [0.4, 0.5) is 13.2 Å². The van der Waals surface area contributed by atoms with E-state index in [4.69, 9.17) is 14.6 Å². The Kier molecular flexibility index (Phi) is 7.26. The molecule has 1 unspecified atom stereocenters. The van der Waals surface area contributed by atoms with Gasteiger partial charge in [0.2, 0.25) is 0 Å². The van der Waals surface area contributed by atoms with Gasteiger partial charge < -0.3 is 14.7 Å². The number of carboxylic acids is 1. The molecule has 1 aliphatic heterocycles. The largest absolute Gasteiger partial charge is 0.490 e. The van der Waals surface area contributed by atoms with Gasteiger partial charge in [-0.2, -0.15) is 18.3 Å². The number of aryl methyl sites for hydroxylation is 1. The van der Waals surface area contributed by atoms with Crippen molar-refractivity contribution in [1.82, 2.24) is 24.6 Å². The highest BCUT2D eigenvalue weighted by molar-refractivity contribution is 5.92. The summed E-state index contributed by atoms with van der Waals surface area (Å²) in [5, 5.41) is 11.4. The summed E-state index contributed by atoms with van der Waals surface area (Å²) < 4.78 is 39.2. The van der Waals surface area contributed by atoms with Crippen LogP contribution in [0, 0.1) is 0 Å². The molecule has 0 saturated carbocycles. The molecule has 0 aliphatic carbocycles. The Morgan fingerprint density at radius 3 is 2.62 bits per heavy atom. The van der Waals surface area contributed by atoms with Crippen molar-refractivity contribution >= 4 is 11.9 Å². The molecule has 9 nitrogen and oxygen atoms in total. The Labute approximate surface area is 164 Å². The first-order chi connectivity index (χ1) is 13.6. The summed E-state index contributed by atoms with van der Waals surface area (Å²) in [7, 11) is 1.93. The summed E-state index contributed by atoms with van der Waals surface area (Å²) in [6.45, 7) is 4.36. The second kappa shape index (κ2) is 9.45. The van der Waals surface area contributed by atoms with E-state index in [9.17, 15) is 18.0 Å². The predicted molar refractivity (Wildman–Crippen MR) is 92.9 cm³/mol. The van der Waals surface area contributed by atoms with Crippen LogP contribution in [0.5, 0.6) is 0 Å². The van der Waals surface area contributed by atoms with E-state index in [1.54, 1.807) is 17.2 Å². The molecule has 0 fully saturated rings. The van der Waals surface area contributed by atoms with Gasteiger partial charge in [0.1, 0.15) is 12.0 Å². The van der Waals surface area contributed by atoms with Crippen LogP contribution in [0.15, 0.2) is 24.8 Å². The van der Waals surface area contributed by atoms with Crippen molar-refractivity contribution in [2.45, 2.75) is 25.6 Å². The van der Waals surface area contributed by atoms with Crippen LogP contribution in [0.1, 0.15) is 34.6 Å². The van der Waals surface area contributed by atoms with Crippen LogP contribution in [0.25, 0.3) is 0 Å². The minimum Gasteiger partial charge on any atom is -0.475 e. The number of nitrogens with zero attached hydrogens (tertiary/aromatic N) is 5. The van der Waals surface area contributed by atoms with Gasteiger partial charge in [0.05, 0.1) is 18.5 Å². The van der Waals surface area contributed by atoms with Crippen LogP contribution >= 0.6 is 0 Å². The number of aromatic nitrogens is 4. The van der Waals surface area contributed by atoms with Crippen LogP contribution in [-0.4, -0.2) is 67.6 Å². The third kappa shape index (κ3) is 5.73. The number of fused-ring (bicyclic) bond motifs is 1. The second-order valence-electron chi connectivity index (χ2n) is 6.12. The molecule has 0 radical (unpaired) electrons. The molecule has 158 valence electrons. The number of carbonyl (C=O) groups is 2. The maximum Gasteiger partial charge on any atom is 0.490 e. The average Bonchev–Trinajstić information content (AvgIpc) is 3.07. The molecule has 1 amide bonds. The second-order valence-corrected chi connectivity index (χ2v) is 6.12. The summed E-state index contributed by atoms with van der Waals surface area (Å²) in [6, 6.07) is 1.64. The van der Waals surface area contributed by atoms with Gasteiger partial charge in [-0.15, -0.1) is 0 Å². The van der Waals surface area contributed by atoms with Gasteiger partial charge in [-0.1, -0.05) is 0 Å². The smallest absolute Gasteiger partial charge is 0.475 e. The number of rotatable bonds is 4. The van der Waals surface area contributed by atoms with Crippen molar-refractivity contribution in [3.05, 3.63) is 41.7 Å². The zero-order valence-corrected chi connectivity index (χ0v) is 15.8. The van der Waals surface area contributed by atoms with Gasteiger partial charge in [0.15, 0.2) is 0 Å². The lowest BCUT2D eigenvalue weighted by atomic mass is 9.96. The Bertz CT molecular complexity index is 841. The number of carboxylic acid groups (broad SMARTS) is 1. The first kappa shape index (κ1) is 22.3. The van der Waals surface area contributed by atoms with Gasteiger partial charge in [-0.25, -0.2) is 14.8 Å². The van der Waals surface area contributed by atoms with E-state index in [0.717, 1.165) is 11.3 Å². The molecule has 0 aromatic carbocycles. The van der Waals surface area contributed by atoms with Crippen molar-refractivity contribution in [2.75, 3.05) is 19.8 Å². The summed E-state index contributed by atoms with van der Waals surface area (Å²) in [6.07, 6.45) is -0.282. The monoisotopic (exact) mass is 415 g/mol. The zero-order chi connectivity index (χ0) is 21.6. The topological polar surface area (TPSA) is 110 Å². The van der Waals surface area contributed by atoms with Crippen molar-refractivity contribution in [1.29, 1.82) is 0 Å². The summed E-state index contributed by atoms with van der Waals surface area (Å²) in [4.78, 5) is 31.2. The number of hydrogen-bond donors (Lipinski definition) is 1. The number of amides is 1. The van der Waals surface area contributed by atoms with Gasteiger partial charge in [0, 0.05) is 44.4 Å². The molecule has 1 N–H and O–H groups in total. The van der Waals surface area contributed by atoms with Gasteiger partial charge in [0.25, 0.3) is 5.91 Å². The number of aliphatic carboxylic acids is 1. The summed E-state index contributed by atoms with van der Waals surface area (Å²) in [5.74, 6) is -2.71. The van der Waals surface area contributed by atoms with E-state index < -0.39 is 12.1 Å². The van der Waals surface area contributed by atoms with Crippen molar-refractivity contribution in [3.8, 4) is 0 Å². The Morgan fingerprint density at radius 2 is 2.07 bits per heavy atom. The van der Waals surface area contributed by atoms with Gasteiger partial charge in [-0.3, -0.25) is 9.48 Å². The quantitative estimate of drug-likeness (QED) is 0.808. The highest BCUT2D eigenvalue weighted by Gasteiger charge is 2.38. The Hall–Kier alpha value is -3.02. The molecule has 0 saturated heterocycles. The van der Waals surface area contributed by atoms with Gasteiger partial charge >= 0.3 is 12.1 Å². The molecule has 1 aliphatic rings. The minimum absolute atomic E-state index is 0.0848. The van der Waals surface area contributed by atoms with Crippen LogP contribution < -0.4 is 0 Å². The Balaban J connectivity index is 0.000000370. The third-order valence-electron chi connectivity index (χ3n) is 4.11. The maximum atomic E-state index is 12.6. The zero-order valence-electron chi connectivity index (χ0n) is 15.8. The lowest BCUT2D eigenvalue weighted by Crippen LogP contribution is -2.40. The summed E-state index contributed by atoms with van der Waals surface area (Å²) >= 11 is 0. The molecule has 12 heteroatoms. The molecular formula is C17H20F3N5O4. The highest BCUT2D eigenvalue weighted by Crippen LogP contribution is 2.28. The molecule has 2 aromatic rings. The van der Waals surface area contributed by atoms with Crippen LogP contribution in [-0.2, 0) is 23.1 Å². The lowest BCUT2D eigenvalue weighted by molar-refractivity contribution is -0.192. The van der Waals surface area contributed by atoms with Crippen LogP contribution in [0.2, 0.25) is 0 Å². The first-order valence-corrected chi connectivity index (χ1v) is 8.59. The molecule has 1 atom stereocenters. The first-order valence-electron chi connectivity index (χ1n) is 8.59. The maximum absolute atomic E-state index is 12.6. The van der Waals surface area contributed by atoms with Crippen LogP contribution in [0.3, 0.4) is 0 Å². The average molecular weight is 415 g/mol. The highest BCUT2D eigenvalue weighted by atomic mass is 19.4. The molecule has 29 heavy (non-hydrogen) atoms. The summed E-state index contributed by atoms with van der Waals surface area (Å²) in [5.41, 5.74) is 2.64. The van der Waals surface area contributed by atoms with E-state index >= 15 is 0 Å². The van der Waals surface area contributed by atoms with E-state index in [-0.39, 0.29) is 11.8 Å². The van der Waals surface area contributed by atoms with Crippen molar-refractivity contribution in [3.63, 3.8) is 0 Å². The number of ether oxygens (including phenoxy) is 1. The molecular weight excluding hydrogens is 395 g/mol. The fourth-order valence-corrected chi connectivity index (χ4v) is 2.89. The number of alkyl halides is 3. The van der Waals surface area contributed by atoms with E-state index in [2.05, 4.69) is 15.1 Å². The minimum atomic E-state index is -5.08. The third-order valence-corrected chi connectivity index (χ3v) is 4.11. The number of halogens is 3. The molecule has 3 heterocycles. The molecule has 0 spiro atoms. The SMILES string of the molecule is CCOCC1CN(C(=O)c2ccncn2)Cc2cnn(C)c21.O=C(O)C(F)(F)F. The standard InChI is InChI=1S/C15H19N5O2.C2HF3O2/c1-3-22-9-12-8-20(7-11-6-18-19(2)14(11)12)15(21)13-4-5-16-10-17-13;3-2(4,5)1(6)7/h4-6,10,12H,3,7-9H2,1-2H3;(H,6,7).